The van der Waals surface area contributed by atoms with Crippen LogP contribution < -0.4 is 10.5 Å². The van der Waals surface area contributed by atoms with Gasteiger partial charge >= 0.3 is 0 Å². The van der Waals surface area contributed by atoms with E-state index in [-0.39, 0.29) is 0 Å². The van der Waals surface area contributed by atoms with E-state index >= 15 is 0 Å². The number of nitrogens with two attached hydrogens (primary N) is 1. The summed E-state index contributed by atoms with van der Waals surface area (Å²) in [5.41, 5.74) is 7.15. The Labute approximate surface area is 82.9 Å². The van der Waals surface area contributed by atoms with Crippen molar-refractivity contribution < 1.29 is 9.13 Å². The fraction of sp³-hybridized carbons (Fsp3) is 0.455. The molecule has 1 aromatic rings. The Kier molecular flexibility index (Phi) is 2.68. The third-order valence-corrected chi connectivity index (χ3v) is 2.50. The normalized spacial score (nSPS) is 16.1. The lowest BCUT2D eigenvalue weighted by atomic mass is 10.0. The molecule has 0 fully saturated rings. The van der Waals surface area contributed by atoms with Crippen LogP contribution in [0.5, 0.6) is 5.75 Å². The van der Waals surface area contributed by atoms with Crippen LogP contribution in [0.25, 0.3) is 0 Å². The van der Waals surface area contributed by atoms with Gasteiger partial charge in [-0.2, -0.15) is 0 Å². The van der Waals surface area contributed by atoms with Crippen molar-refractivity contribution in [1.29, 1.82) is 0 Å². The fourth-order valence-electron chi connectivity index (χ4n) is 1.71. The molecule has 1 atom stereocenters. The topological polar surface area (TPSA) is 35.2 Å². The van der Waals surface area contributed by atoms with Crippen LogP contribution in [0.1, 0.15) is 23.7 Å². The maximum absolute atomic E-state index is 13.5. The molecule has 0 bridgehead atoms. The van der Waals surface area contributed by atoms with Crippen molar-refractivity contribution in [3.05, 3.63) is 29.3 Å². The zero-order valence-electron chi connectivity index (χ0n) is 8.00. The van der Waals surface area contributed by atoms with E-state index in [1.54, 1.807) is 6.07 Å². The highest BCUT2D eigenvalue weighted by Gasteiger charge is 2.15. The summed E-state index contributed by atoms with van der Waals surface area (Å²) in [6.07, 6.45) is 0.337. The molecular formula is C11H14FNO. The van der Waals surface area contributed by atoms with Crippen molar-refractivity contribution >= 4 is 0 Å². The lowest BCUT2D eigenvalue weighted by Gasteiger charge is -2.08. The average molecular weight is 195 g/mol. The Balaban J connectivity index is 2.19. The van der Waals surface area contributed by atoms with Crippen LogP contribution in [0, 0.1) is 0 Å². The molecular weight excluding hydrogens is 181 g/mol. The number of alkyl halides is 1. The predicted octanol–water partition coefficient (Wildman–Crippen LogP) is 1.98. The van der Waals surface area contributed by atoms with Gasteiger partial charge in [-0.15, -0.1) is 0 Å². The van der Waals surface area contributed by atoms with Crippen molar-refractivity contribution in [1.82, 2.24) is 0 Å². The van der Waals surface area contributed by atoms with Gasteiger partial charge in [0, 0.05) is 6.42 Å². The first-order valence-corrected chi connectivity index (χ1v) is 4.91. The molecule has 0 spiro atoms. The highest BCUT2D eigenvalue weighted by atomic mass is 19.1. The summed E-state index contributed by atoms with van der Waals surface area (Å²) >= 11 is 0. The van der Waals surface area contributed by atoms with Gasteiger partial charge in [-0.3, -0.25) is 0 Å². The molecule has 2 N–H and O–H groups in total. The summed E-state index contributed by atoms with van der Waals surface area (Å²) in [6.45, 7) is 1.10. The first-order valence-electron chi connectivity index (χ1n) is 4.91. The Morgan fingerprint density at radius 3 is 3.14 bits per heavy atom. The number of fused-ring (bicyclic) bond motifs is 1. The smallest absolute Gasteiger partial charge is 0.126 e. The SMILES string of the molecule is NCCC(F)c1ccc2c(c1)CCO2. The molecule has 0 radical (unpaired) electrons. The second-order valence-corrected chi connectivity index (χ2v) is 3.51. The zero-order valence-corrected chi connectivity index (χ0v) is 8.00. The molecule has 0 aliphatic carbocycles. The van der Waals surface area contributed by atoms with E-state index in [1.807, 2.05) is 12.1 Å². The van der Waals surface area contributed by atoms with Gasteiger partial charge in [0.2, 0.25) is 0 Å². The largest absolute Gasteiger partial charge is 0.493 e. The Bertz CT molecular complexity index is 327. The van der Waals surface area contributed by atoms with Gasteiger partial charge in [-0.25, -0.2) is 4.39 Å². The van der Waals surface area contributed by atoms with Gasteiger partial charge in [-0.05, 0) is 36.2 Å². The maximum Gasteiger partial charge on any atom is 0.126 e. The average Bonchev–Trinajstić information content (AvgIpc) is 2.64. The highest BCUT2D eigenvalue weighted by molar-refractivity contribution is 5.40. The molecule has 0 amide bonds. The number of hydrogen-bond acceptors (Lipinski definition) is 2. The molecule has 0 saturated carbocycles. The van der Waals surface area contributed by atoms with Crippen LogP contribution in [0.4, 0.5) is 4.39 Å². The van der Waals surface area contributed by atoms with E-state index in [4.69, 9.17) is 10.5 Å². The highest BCUT2D eigenvalue weighted by Crippen LogP contribution is 2.30. The van der Waals surface area contributed by atoms with Crippen molar-refractivity contribution in [2.24, 2.45) is 5.73 Å². The third-order valence-electron chi connectivity index (χ3n) is 2.50. The Morgan fingerprint density at radius 2 is 2.36 bits per heavy atom. The number of rotatable bonds is 3. The van der Waals surface area contributed by atoms with Gasteiger partial charge in [-0.1, -0.05) is 6.07 Å². The van der Waals surface area contributed by atoms with Crippen LogP contribution >= 0.6 is 0 Å². The van der Waals surface area contributed by atoms with Crippen molar-refractivity contribution in [3.63, 3.8) is 0 Å². The quantitative estimate of drug-likeness (QED) is 0.800. The van der Waals surface area contributed by atoms with Crippen LogP contribution in [0.2, 0.25) is 0 Å². The molecule has 0 saturated heterocycles. The van der Waals surface area contributed by atoms with Gasteiger partial charge in [0.25, 0.3) is 0 Å². The summed E-state index contributed by atoms with van der Waals surface area (Å²) in [7, 11) is 0. The molecule has 3 heteroatoms. The number of benzene rings is 1. The molecule has 1 aliphatic heterocycles. The molecule has 0 aromatic heterocycles. The predicted molar refractivity (Wildman–Crippen MR) is 53.2 cm³/mol. The number of hydrogen-bond donors (Lipinski definition) is 1. The Hall–Kier alpha value is -1.09. The first-order chi connectivity index (χ1) is 6.81. The minimum Gasteiger partial charge on any atom is -0.493 e. The van der Waals surface area contributed by atoms with E-state index in [0.29, 0.717) is 19.6 Å². The summed E-state index contributed by atoms with van der Waals surface area (Å²) in [4.78, 5) is 0. The van der Waals surface area contributed by atoms with Gasteiger partial charge < -0.3 is 10.5 Å². The Morgan fingerprint density at radius 1 is 1.50 bits per heavy atom. The van der Waals surface area contributed by atoms with Crippen molar-refractivity contribution in [2.45, 2.75) is 19.0 Å². The monoisotopic (exact) mass is 195 g/mol. The van der Waals surface area contributed by atoms with E-state index in [9.17, 15) is 4.39 Å². The fourth-order valence-corrected chi connectivity index (χ4v) is 1.71. The molecule has 76 valence electrons. The molecule has 2 nitrogen and oxygen atoms in total. The number of halogens is 1. The molecule has 1 heterocycles. The third kappa shape index (κ3) is 1.73. The zero-order chi connectivity index (χ0) is 9.97. The van der Waals surface area contributed by atoms with Crippen LogP contribution in [0.3, 0.4) is 0 Å². The lowest BCUT2D eigenvalue weighted by Crippen LogP contribution is -2.03. The molecule has 1 unspecified atom stereocenters. The van der Waals surface area contributed by atoms with E-state index < -0.39 is 6.17 Å². The lowest BCUT2D eigenvalue weighted by molar-refractivity contribution is 0.327. The first kappa shape index (κ1) is 9.46. The van der Waals surface area contributed by atoms with E-state index in [2.05, 4.69) is 0 Å². The number of ether oxygens (including phenoxy) is 1. The van der Waals surface area contributed by atoms with Crippen LogP contribution in [-0.4, -0.2) is 13.2 Å². The van der Waals surface area contributed by atoms with Crippen molar-refractivity contribution in [3.8, 4) is 5.75 Å². The summed E-state index contributed by atoms with van der Waals surface area (Å²) < 4.78 is 18.8. The van der Waals surface area contributed by atoms with Gasteiger partial charge in [0.1, 0.15) is 11.9 Å². The second kappa shape index (κ2) is 3.96. The second-order valence-electron chi connectivity index (χ2n) is 3.51. The van der Waals surface area contributed by atoms with E-state index in [1.165, 1.54) is 0 Å². The minimum absolute atomic E-state index is 0.384. The molecule has 2 rings (SSSR count). The van der Waals surface area contributed by atoms with Gasteiger partial charge in [0.05, 0.1) is 6.61 Å². The summed E-state index contributed by atoms with van der Waals surface area (Å²) in [6, 6.07) is 5.52. The molecule has 14 heavy (non-hydrogen) atoms. The summed E-state index contributed by atoms with van der Waals surface area (Å²) in [5.74, 6) is 0.897. The molecule has 1 aromatic carbocycles. The minimum atomic E-state index is -0.939. The van der Waals surface area contributed by atoms with Gasteiger partial charge in [0.15, 0.2) is 0 Å². The summed E-state index contributed by atoms with van der Waals surface area (Å²) in [5, 5.41) is 0. The van der Waals surface area contributed by atoms with E-state index in [0.717, 1.165) is 23.3 Å². The molecule has 1 aliphatic rings. The van der Waals surface area contributed by atoms with Crippen molar-refractivity contribution in [2.75, 3.05) is 13.2 Å². The maximum atomic E-state index is 13.5. The van der Waals surface area contributed by atoms with Crippen LogP contribution in [0.15, 0.2) is 18.2 Å². The standard InChI is InChI=1S/C11H14FNO/c12-10(3-5-13)8-1-2-11-9(7-8)4-6-14-11/h1-2,7,10H,3-6,13H2. The van der Waals surface area contributed by atoms with Crippen LogP contribution in [-0.2, 0) is 6.42 Å².